The molecule has 1 aromatic rings. The van der Waals surface area contributed by atoms with Gasteiger partial charge in [0.05, 0.1) is 0 Å². The summed E-state index contributed by atoms with van der Waals surface area (Å²) in [7, 11) is -1.57. The monoisotopic (exact) mass is 262 g/mol. The third-order valence-corrected chi connectivity index (χ3v) is 8.20. The van der Waals surface area contributed by atoms with Gasteiger partial charge in [-0.1, -0.05) is 63.3 Å². The van der Waals surface area contributed by atoms with Crippen molar-refractivity contribution in [2.75, 3.05) is 6.61 Å². The average Bonchev–Trinajstić information content (AvgIpc) is 2.28. The smallest absolute Gasteiger partial charge is 0.191 e. The van der Waals surface area contributed by atoms with E-state index in [1.54, 1.807) is 0 Å². The maximum absolute atomic E-state index is 6.12. The summed E-state index contributed by atoms with van der Waals surface area (Å²) in [5, 5.41) is 0.302. The Labute approximate surface area is 113 Å². The molecule has 0 spiro atoms. The van der Waals surface area contributed by atoms with Gasteiger partial charge in [0.2, 0.25) is 0 Å². The van der Waals surface area contributed by atoms with Crippen molar-refractivity contribution < 1.29 is 4.43 Å². The summed E-state index contributed by atoms with van der Waals surface area (Å²) < 4.78 is 6.12. The second-order valence-corrected chi connectivity index (χ2v) is 11.0. The molecule has 1 nitrogen and oxygen atoms in total. The van der Waals surface area contributed by atoms with E-state index in [1.807, 2.05) is 6.07 Å². The van der Waals surface area contributed by atoms with Crippen molar-refractivity contribution in [1.82, 2.24) is 0 Å². The van der Waals surface area contributed by atoms with Crippen LogP contribution in [0.25, 0.3) is 6.08 Å². The van der Waals surface area contributed by atoms with Crippen molar-refractivity contribution in [1.29, 1.82) is 0 Å². The van der Waals surface area contributed by atoms with E-state index in [-0.39, 0.29) is 0 Å². The predicted octanol–water partition coefficient (Wildman–Crippen LogP) is 5.11. The molecule has 0 atom stereocenters. The minimum absolute atomic E-state index is 0.302. The summed E-state index contributed by atoms with van der Waals surface area (Å²) in [4.78, 5) is 0. The molecule has 0 aliphatic carbocycles. The molecule has 0 heterocycles. The Morgan fingerprint density at radius 2 is 1.72 bits per heavy atom. The molecule has 0 aromatic heterocycles. The molecule has 0 saturated heterocycles. The van der Waals surface area contributed by atoms with Gasteiger partial charge in [-0.3, -0.25) is 0 Å². The van der Waals surface area contributed by atoms with Crippen molar-refractivity contribution in [2.45, 2.75) is 45.3 Å². The molecule has 1 aromatic carbocycles. The first-order valence-corrected chi connectivity index (χ1v) is 9.59. The molecule has 100 valence electrons. The number of rotatable bonds is 5. The van der Waals surface area contributed by atoms with Crippen LogP contribution >= 0.6 is 0 Å². The molecule has 0 amide bonds. The van der Waals surface area contributed by atoms with E-state index in [0.717, 1.165) is 13.0 Å². The van der Waals surface area contributed by atoms with Crippen molar-refractivity contribution in [2.24, 2.45) is 0 Å². The van der Waals surface area contributed by atoms with E-state index in [4.69, 9.17) is 4.43 Å². The summed E-state index contributed by atoms with van der Waals surface area (Å²) in [5.74, 6) is 0. The highest BCUT2D eigenvalue weighted by atomic mass is 28.4. The van der Waals surface area contributed by atoms with Crippen LogP contribution in [-0.2, 0) is 4.43 Å². The van der Waals surface area contributed by atoms with Gasteiger partial charge in [0.25, 0.3) is 0 Å². The quantitative estimate of drug-likeness (QED) is 0.529. The highest BCUT2D eigenvalue weighted by molar-refractivity contribution is 6.74. The molecule has 2 heteroatoms. The van der Waals surface area contributed by atoms with Gasteiger partial charge in [-0.15, -0.1) is 0 Å². The van der Waals surface area contributed by atoms with Gasteiger partial charge in [-0.05, 0) is 30.1 Å². The van der Waals surface area contributed by atoms with Crippen LogP contribution in [0.4, 0.5) is 0 Å². The van der Waals surface area contributed by atoms with Crippen molar-refractivity contribution >= 4 is 14.4 Å². The van der Waals surface area contributed by atoms with E-state index in [9.17, 15) is 0 Å². The first-order chi connectivity index (χ1) is 8.33. The van der Waals surface area contributed by atoms with Gasteiger partial charge < -0.3 is 4.43 Å². The van der Waals surface area contributed by atoms with Crippen LogP contribution < -0.4 is 0 Å². The van der Waals surface area contributed by atoms with E-state index in [2.05, 4.69) is 70.3 Å². The molecule has 0 aliphatic heterocycles. The lowest BCUT2D eigenvalue weighted by Gasteiger charge is -2.36. The zero-order chi connectivity index (χ0) is 13.6. The Bertz CT molecular complexity index is 374. The molecule has 0 bridgehead atoms. The standard InChI is InChI=1S/C16H26OSi/c1-16(2,3)18(4,5)17-14-10-9-13-15-11-7-6-8-12-15/h6-9,11-13H,10,14H2,1-5H3. The maximum atomic E-state index is 6.12. The van der Waals surface area contributed by atoms with Gasteiger partial charge in [0.1, 0.15) is 0 Å². The van der Waals surface area contributed by atoms with Crippen molar-refractivity contribution in [3.63, 3.8) is 0 Å². The van der Waals surface area contributed by atoms with Crippen LogP contribution in [-0.4, -0.2) is 14.9 Å². The van der Waals surface area contributed by atoms with Crippen molar-refractivity contribution in [3.8, 4) is 0 Å². The second-order valence-electron chi connectivity index (χ2n) is 6.21. The largest absolute Gasteiger partial charge is 0.417 e. The third kappa shape index (κ3) is 4.79. The van der Waals surface area contributed by atoms with Crippen molar-refractivity contribution in [3.05, 3.63) is 42.0 Å². The van der Waals surface area contributed by atoms with Crippen LogP contribution in [0, 0.1) is 0 Å². The van der Waals surface area contributed by atoms with Crippen LogP contribution in [0.15, 0.2) is 36.4 Å². The number of benzene rings is 1. The number of hydrogen-bond acceptors (Lipinski definition) is 1. The molecule has 0 saturated carbocycles. The lowest BCUT2D eigenvalue weighted by molar-refractivity contribution is 0.294. The zero-order valence-electron chi connectivity index (χ0n) is 12.4. The highest BCUT2D eigenvalue weighted by Gasteiger charge is 2.36. The van der Waals surface area contributed by atoms with Crippen LogP contribution in [0.5, 0.6) is 0 Å². The average molecular weight is 262 g/mol. The fraction of sp³-hybridized carbons (Fsp3) is 0.500. The van der Waals surface area contributed by atoms with Gasteiger partial charge in [0, 0.05) is 6.61 Å². The Kier molecular flexibility index (Phi) is 5.36. The molecule has 0 aliphatic rings. The Hall–Kier alpha value is -0.863. The summed E-state index contributed by atoms with van der Waals surface area (Å²) in [5.41, 5.74) is 1.25. The summed E-state index contributed by atoms with van der Waals surface area (Å²) >= 11 is 0. The molecule has 1 rings (SSSR count). The first-order valence-electron chi connectivity index (χ1n) is 6.68. The zero-order valence-corrected chi connectivity index (χ0v) is 13.4. The van der Waals surface area contributed by atoms with Crippen LogP contribution in [0.2, 0.25) is 18.1 Å². The van der Waals surface area contributed by atoms with Gasteiger partial charge in [-0.2, -0.15) is 0 Å². The van der Waals surface area contributed by atoms with E-state index in [0.29, 0.717) is 5.04 Å². The summed E-state index contributed by atoms with van der Waals surface area (Å²) in [6, 6.07) is 10.4. The highest BCUT2D eigenvalue weighted by Crippen LogP contribution is 2.36. The van der Waals surface area contributed by atoms with E-state index < -0.39 is 8.32 Å². The maximum Gasteiger partial charge on any atom is 0.191 e. The molecule has 0 N–H and O–H groups in total. The minimum Gasteiger partial charge on any atom is -0.417 e. The Morgan fingerprint density at radius 1 is 1.11 bits per heavy atom. The molecule has 18 heavy (non-hydrogen) atoms. The fourth-order valence-electron chi connectivity index (χ4n) is 1.38. The SMILES string of the molecule is CC(C)(C)[Si](C)(C)OCCC=Cc1ccccc1. The lowest BCUT2D eigenvalue weighted by Crippen LogP contribution is -2.40. The third-order valence-electron chi connectivity index (χ3n) is 3.66. The summed E-state index contributed by atoms with van der Waals surface area (Å²) in [6.07, 6.45) is 5.35. The molecular formula is C16H26OSi. The van der Waals surface area contributed by atoms with E-state index >= 15 is 0 Å². The topological polar surface area (TPSA) is 9.23 Å². The van der Waals surface area contributed by atoms with Crippen LogP contribution in [0.3, 0.4) is 0 Å². The fourth-order valence-corrected chi connectivity index (χ4v) is 2.44. The Morgan fingerprint density at radius 3 is 2.28 bits per heavy atom. The molecule has 0 fully saturated rings. The molecular weight excluding hydrogens is 236 g/mol. The number of hydrogen-bond donors (Lipinski definition) is 0. The molecule has 0 radical (unpaired) electrons. The lowest BCUT2D eigenvalue weighted by atomic mass is 10.2. The van der Waals surface area contributed by atoms with Gasteiger partial charge in [-0.25, -0.2) is 0 Å². The second kappa shape index (κ2) is 6.35. The predicted molar refractivity (Wildman–Crippen MR) is 83.2 cm³/mol. The first kappa shape index (κ1) is 15.2. The van der Waals surface area contributed by atoms with Crippen LogP contribution in [0.1, 0.15) is 32.8 Å². The van der Waals surface area contributed by atoms with Gasteiger partial charge in [0.15, 0.2) is 8.32 Å². The minimum atomic E-state index is -1.57. The van der Waals surface area contributed by atoms with Gasteiger partial charge >= 0.3 is 0 Å². The normalized spacial score (nSPS) is 13.2. The summed E-state index contributed by atoms with van der Waals surface area (Å²) in [6.45, 7) is 12.3. The Balaban J connectivity index is 2.34. The van der Waals surface area contributed by atoms with E-state index in [1.165, 1.54) is 5.56 Å². The molecule has 0 unspecified atom stereocenters.